The first-order chi connectivity index (χ1) is 13.3. The fourth-order valence-corrected chi connectivity index (χ4v) is 2.49. The lowest BCUT2D eigenvalue weighted by molar-refractivity contribution is -0.126. The molecule has 0 aliphatic rings. The number of nitrogens with one attached hydrogen (secondary N) is 2. The maximum Gasteiger partial charge on any atom is 0.240 e. The third-order valence-corrected chi connectivity index (χ3v) is 4.75. The van der Waals surface area contributed by atoms with E-state index >= 15 is 0 Å². The molecule has 0 fully saturated rings. The third kappa shape index (κ3) is 7.48. The van der Waals surface area contributed by atoms with Gasteiger partial charge in [0, 0.05) is 12.8 Å². The molecule has 0 bridgehead atoms. The van der Waals surface area contributed by atoms with Crippen LogP contribution in [0.3, 0.4) is 0 Å². The van der Waals surface area contributed by atoms with Gasteiger partial charge in [-0.2, -0.15) is 10.2 Å². The summed E-state index contributed by atoms with van der Waals surface area (Å²) in [4.78, 5) is 23.4. The summed E-state index contributed by atoms with van der Waals surface area (Å²) in [6, 6.07) is 9.86. The van der Waals surface area contributed by atoms with Gasteiger partial charge in [0.25, 0.3) is 0 Å². The molecular formula is C18H14Cl4N4O2. The molecule has 2 aromatic rings. The predicted octanol–water partition coefficient (Wildman–Crippen LogP) is 4.68. The summed E-state index contributed by atoms with van der Waals surface area (Å²) in [5.74, 6) is -0.833. The van der Waals surface area contributed by atoms with Crippen molar-refractivity contribution in [1.29, 1.82) is 0 Å². The number of rotatable bonds is 7. The minimum absolute atomic E-state index is 0.0488. The molecule has 0 atom stereocenters. The highest BCUT2D eigenvalue weighted by atomic mass is 35.5. The number of hydrogen-bond acceptors (Lipinski definition) is 4. The molecule has 0 heterocycles. The lowest BCUT2D eigenvalue weighted by Gasteiger charge is -2.01. The van der Waals surface area contributed by atoms with Crippen LogP contribution in [0.4, 0.5) is 0 Å². The third-order valence-electron chi connectivity index (χ3n) is 3.27. The molecule has 0 aliphatic carbocycles. The molecule has 0 radical (unpaired) electrons. The van der Waals surface area contributed by atoms with E-state index in [1.165, 1.54) is 12.4 Å². The van der Waals surface area contributed by atoms with Crippen molar-refractivity contribution in [1.82, 2.24) is 10.9 Å². The number of nitrogens with zero attached hydrogens (tertiary/aromatic N) is 2. The molecule has 2 rings (SSSR count). The minimum Gasteiger partial charge on any atom is -0.273 e. The van der Waals surface area contributed by atoms with Crippen LogP contribution < -0.4 is 10.9 Å². The molecule has 0 spiro atoms. The molecule has 0 saturated carbocycles. The Bertz CT molecular complexity index is 856. The van der Waals surface area contributed by atoms with Crippen molar-refractivity contribution in [2.45, 2.75) is 12.8 Å². The van der Waals surface area contributed by atoms with Gasteiger partial charge in [0.15, 0.2) is 0 Å². The minimum atomic E-state index is -0.417. The highest BCUT2D eigenvalue weighted by molar-refractivity contribution is 6.42. The summed E-state index contributed by atoms with van der Waals surface area (Å²) in [5.41, 5.74) is 5.99. The maximum atomic E-state index is 11.7. The second kappa shape index (κ2) is 11.0. The van der Waals surface area contributed by atoms with Gasteiger partial charge in [-0.25, -0.2) is 10.9 Å². The Morgan fingerprint density at radius 3 is 1.46 bits per heavy atom. The van der Waals surface area contributed by atoms with Crippen LogP contribution in [0, 0.1) is 0 Å². The largest absolute Gasteiger partial charge is 0.273 e. The average Bonchev–Trinajstić information content (AvgIpc) is 2.66. The first-order valence-corrected chi connectivity index (χ1v) is 9.40. The Labute approximate surface area is 181 Å². The molecule has 6 nitrogen and oxygen atoms in total. The topological polar surface area (TPSA) is 82.9 Å². The van der Waals surface area contributed by atoms with Gasteiger partial charge < -0.3 is 0 Å². The second-order valence-electron chi connectivity index (χ2n) is 5.43. The van der Waals surface area contributed by atoms with Gasteiger partial charge in [0.05, 0.1) is 32.5 Å². The van der Waals surface area contributed by atoms with Gasteiger partial charge in [-0.3, -0.25) is 9.59 Å². The van der Waals surface area contributed by atoms with Crippen molar-refractivity contribution in [2.75, 3.05) is 0 Å². The molecule has 10 heteroatoms. The molecule has 2 aromatic carbocycles. The van der Waals surface area contributed by atoms with E-state index in [-0.39, 0.29) is 12.8 Å². The lowest BCUT2D eigenvalue weighted by Crippen LogP contribution is -2.22. The van der Waals surface area contributed by atoms with Crippen LogP contribution in [0.2, 0.25) is 20.1 Å². The normalized spacial score (nSPS) is 11.1. The molecule has 0 unspecified atom stereocenters. The van der Waals surface area contributed by atoms with Gasteiger partial charge in [-0.05, 0) is 35.4 Å². The van der Waals surface area contributed by atoms with Gasteiger partial charge in [-0.1, -0.05) is 58.5 Å². The van der Waals surface area contributed by atoms with Crippen LogP contribution in [0.1, 0.15) is 24.0 Å². The zero-order valence-electron chi connectivity index (χ0n) is 14.3. The summed E-state index contributed by atoms with van der Waals surface area (Å²) < 4.78 is 0. The summed E-state index contributed by atoms with van der Waals surface area (Å²) in [6.45, 7) is 0. The summed E-state index contributed by atoms with van der Waals surface area (Å²) in [5, 5.41) is 9.21. The van der Waals surface area contributed by atoms with Gasteiger partial charge in [0.2, 0.25) is 11.8 Å². The molecular weight excluding hydrogens is 446 g/mol. The molecule has 2 N–H and O–H groups in total. The van der Waals surface area contributed by atoms with Crippen molar-refractivity contribution in [3.05, 3.63) is 67.6 Å². The fourth-order valence-electron chi connectivity index (χ4n) is 1.88. The Hall–Kier alpha value is -2.12. The Morgan fingerprint density at radius 1 is 0.714 bits per heavy atom. The number of hydrazone groups is 2. The van der Waals surface area contributed by atoms with Crippen LogP contribution in [0.25, 0.3) is 0 Å². The Balaban J connectivity index is 1.72. The van der Waals surface area contributed by atoms with Crippen LogP contribution >= 0.6 is 46.4 Å². The second-order valence-corrected chi connectivity index (χ2v) is 7.06. The summed E-state index contributed by atoms with van der Waals surface area (Å²) in [7, 11) is 0. The van der Waals surface area contributed by atoms with E-state index < -0.39 is 11.8 Å². The van der Waals surface area contributed by atoms with E-state index in [4.69, 9.17) is 46.4 Å². The zero-order valence-corrected chi connectivity index (χ0v) is 17.3. The van der Waals surface area contributed by atoms with E-state index in [0.717, 1.165) is 0 Å². The molecule has 28 heavy (non-hydrogen) atoms. The highest BCUT2D eigenvalue weighted by Gasteiger charge is 2.05. The number of hydrogen-bond donors (Lipinski definition) is 2. The van der Waals surface area contributed by atoms with Gasteiger partial charge in [-0.15, -0.1) is 0 Å². The highest BCUT2D eigenvalue weighted by Crippen LogP contribution is 2.22. The standard InChI is InChI=1S/C18H14Cl4N4O2/c19-13-3-1-11(7-15(13)21)9-23-25-17(27)5-6-18(28)26-24-10-12-2-4-14(20)16(22)8-12/h1-4,7-10H,5-6H2,(H,25,27)(H,26,28). The molecule has 0 aromatic heterocycles. The van der Waals surface area contributed by atoms with E-state index in [9.17, 15) is 9.59 Å². The van der Waals surface area contributed by atoms with Crippen molar-refractivity contribution in [2.24, 2.45) is 10.2 Å². The van der Waals surface area contributed by atoms with E-state index in [2.05, 4.69) is 21.1 Å². The molecule has 146 valence electrons. The van der Waals surface area contributed by atoms with Crippen LogP contribution in [-0.4, -0.2) is 24.2 Å². The smallest absolute Gasteiger partial charge is 0.240 e. The van der Waals surface area contributed by atoms with E-state index in [0.29, 0.717) is 31.2 Å². The zero-order chi connectivity index (χ0) is 20.5. The van der Waals surface area contributed by atoms with E-state index in [1.807, 2.05) is 0 Å². The Morgan fingerprint density at radius 2 is 1.11 bits per heavy atom. The van der Waals surface area contributed by atoms with Gasteiger partial charge >= 0.3 is 0 Å². The first kappa shape index (κ1) is 22.2. The van der Waals surface area contributed by atoms with Crippen molar-refractivity contribution < 1.29 is 9.59 Å². The number of amides is 2. The van der Waals surface area contributed by atoms with Gasteiger partial charge in [0.1, 0.15) is 0 Å². The summed E-state index contributed by atoms with van der Waals surface area (Å²) >= 11 is 23.4. The fraction of sp³-hybridized carbons (Fsp3) is 0.111. The number of carbonyl (C=O) groups excluding carboxylic acids is 2. The summed E-state index contributed by atoms with van der Waals surface area (Å²) in [6.07, 6.45) is 2.74. The van der Waals surface area contributed by atoms with E-state index in [1.54, 1.807) is 36.4 Å². The van der Waals surface area contributed by atoms with Crippen LogP contribution in [-0.2, 0) is 9.59 Å². The monoisotopic (exact) mass is 458 g/mol. The number of carbonyl (C=O) groups is 2. The van der Waals surface area contributed by atoms with Crippen molar-refractivity contribution >= 4 is 70.6 Å². The number of benzene rings is 2. The Kier molecular flexibility index (Phi) is 8.73. The van der Waals surface area contributed by atoms with Crippen molar-refractivity contribution in [3.63, 3.8) is 0 Å². The van der Waals surface area contributed by atoms with Crippen LogP contribution in [0.5, 0.6) is 0 Å². The van der Waals surface area contributed by atoms with Crippen LogP contribution in [0.15, 0.2) is 46.6 Å². The average molecular weight is 460 g/mol. The molecule has 2 amide bonds. The SMILES string of the molecule is O=C(CCC(=O)NN=Cc1ccc(Cl)c(Cl)c1)NN=Cc1ccc(Cl)c(Cl)c1. The lowest BCUT2D eigenvalue weighted by atomic mass is 10.2. The molecule has 0 saturated heterocycles. The maximum absolute atomic E-state index is 11.7. The molecule has 0 aliphatic heterocycles. The predicted molar refractivity (Wildman–Crippen MR) is 114 cm³/mol. The van der Waals surface area contributed by atoms with Crippen molar-refractivity contribution in [3.8, 4) is 0 Å². The first-order valence-electron chi connectivity index (χ1n) is 7.89. The number of halogens is 4. The quantitative estimate of drug-likeness (QED) is 0.465.